The molecule has 1 aromatic carbocycles. The standard InChI is InChI=1S/C12H15Cl2N3O/c1-7-9(6-16-17-7)5-15-12(18)8-2-3-10(13)11(14)4-8/h2-4,7,9,16-17H,5-6H2,1H3,(H,15,18). The quantitative estimate of drug-likeness (QED) is 0.795. The van der Waals surface area contributed by atoms with Gasteiger partial charge < -0.3 is 5.32 Å². The Balaban J connectivity index is 1.93. The maximum absolute atomic E-state index is 11.9. The predicted molar refractivity (Wildman–Crippen MR) is 72.9 cm³/mol. The van der Waals surface area contributed by atoms with Gasteiger partial charge >= 0.3 is 0 Å². The summed E-state index contributed by atoms with van der Waals surface area (Å²) in [7, 11) is 0. The maximum atomic E-state index is 11.9. The molecule has 2 rings (SSSR count). The van der Waals surface area contributed by atoms with Crippen LogP contribution in [0.4, 0.5) is 0 Å². The zero-order valence-corrected chi connectivity index (χ0v) is 11.5. The summed E-state index contributed by atoms with van der Waals surface area (Å²) < 4.78 is 0. The van der Waals surface area contributed by atoms with E-state index in [1.165, 1.54) is 0 Å². The molecule has 1 heterocycles. The van der Waals surface area contributed by atoms with Crippen LogP contribution in [-0.2, 0) is 0 Å². The molecule has 0 aliphatic carbocycles. The van der Waals surface area contributed by atoms with Crippen molar-refractivity contribution in [3.63, 3.8) is 0 Å². The van der Waals surface area contributed by atoms with Crippen LogP contribution in [0.3, 0.4) is 0 Å². The predicted octanol–water partition coefficient (Wildman–Crippen LogP) is 1.84. The minimum Gasteiger partial charge on any atom is -0.352 e. The van der Waals surface area contributed by atoms with E-state index in [2.05, 4.69) is 23.1 Å². The molecule has 1 aliphatic heterocycles. The van der Waals surface area contributed by atoms with Crippen molar-refractivity contribution in [2.24, 2.45) is 5.92 Å². The van der Waals surface area contributed by atoms with Crippen molar-refractivity contribution in [1.29, 1.82) is 0 Å². The van der Waals surface area contributed by atoms with Gasteiger partial charge in [0.15, 0.2) is 0 Å². The molecule has 1 fully saturated rings. The van der Waals surface area contributed by atoms with E-state index in [0.717, 1.165) is 6.54 Å². The third-order valence-corrected chi connectivity index (χ3v) is 3.85. The Morgan fingerprint density at radius 1 is 1.44 bits per heavy atom. The number of nitrogens with one attached hydrogen (secondary N) is 3. The summed E-state index contributed by atoms with van der Waals surface area (Å²) in [5, 5.41) is 3.74. The van der Waals surface area contributed by atoms with Crippen LogP contribution < -0.4 is 16.2 Å². The number of benzene rings is 1. The van der Waals surface area contributed by atoms with Crippen LogP contribution >= 0.6 is 23.2 Å². The zero-order chi connectivity index (χ0) is 13.1. The first-order chi connectivity index (χ1) is 8.58. The molecule has 0 bridgehead atoms. The molecule has 18 heavy (non-hydrogen) atoms. The summed E-state index contributed by atoms with van der Waals surface area (Å²) >= 11 is 11.7. The van der Waals surface area contributed by atoms with Gasteiger partial charge in [-0.15, -0.1) is 0 Å². The lowest BCUT2D eigenvalue weighted by Gasteiger charge is -2.14. The van der Waals surface area contributed by atoms with E-state index < -0.39 is 0 Å². The van der Waals surface area contributed by atoms with Crippen molar-refractivity contribution < 1.29 is 4.79 Å². The number of carbonyl (C=O) groups is 1. The van der Waals surface area contributed by atoms with Gasteiger partial charge in [0.05, 0.1) is 10.0 Å². The number of hydrazine groups is 1. The second-order valence-corrected chi connectivity index (χ2v) is 5.23. The third kappa shape index (κ3) is 3.14. The SMILES string of the molecule is CC1NNCC1CNC(=O)c1ccc(Cl)c(Cl)c1. The Bertz CT molecular complexity index is 453. The summed E-state index contributed by atoms with van der Waals surface area (Å²) in [6.07, 6.45) is 0. The highest BCUT2D eigenvalue weighted by molar-refractivity contribution is 6.42. The van der Waals surface area contributed by atoms with Gasteiger partial charge in [-0.1, -0.05) is 23.2 Å². The number of hydrogen-bond acceptors (Lipinski definition) is 3. The minimum atomic E-state index is -0.132. The third-order valence-electron chi connectivity index (χ3n) is 3.11. The highest BCUT2D eigenvalue weighted by atomic mass is 35.5. The second-order valence-electron chi connectivity index (χ2n) is 4.41. The number of carbonyl (C=O) groups excluding carboxylic acids is 1. The molecule has 2 atom stereocenters. The monoisotopic (exact) mass is 287 g/mol. The second kappa shape index (κ2) is 5.89. The molecule has 1 saturated heterocycles. The highest BCUT2D eigenvalue weighted by Gasteiger charge is 2.23. The molecule has 0 saturated carbocycles. The molecule has 0 radical (unpaired) electrons. The molecule has 1 amide bonds. The molecule has 4 nitrogen and oxygen atoms in total. The molecular formula is C12H15Cl2N3O. The van der Waals surface area contributed by atoms with Gasteiger partial charge in [0, 0.05) is 30.6 Å². The van der Waals surface area contributed by atoms with E-state index in [1.807, 2.05) is 0 Å². The fourth-order valence-corrected chi connectivity index (χ4v) is 2.16. The van der Waals surface area contributed by atoms with E-state index >= 15 is 0 Å². The lowest BCUT2D eigenvalue weighted by molar-refractivity contribution is 0.0947. The Labute approximate surface area is 116 Å². The molecule has 98 valence electrons. The lowest BCUT2D eigenvalue weighted by Crippen LogP contribution is -2.35. The Morgan fingerprint density at radius 2 is 2.22 bits per heavy atom. The normalized spacial score (nSPS) is 23.1. The van der Waals surface area contributed by atoms with Gasteiger partial charge in [0.25, 0.3) is 5.91 Å². The largest absolute Gasteiger partial charge is 0.352 e. The first kappa shape index (κ1) is 13.6. The van der Waals surface area contributed by atoms with Crippen LogP contribution in [0.5, 0.6) is 0 Å². The number of rotatable bonds is 3. The van der Waals surface area contributed by atoms with Crippen LogP contribution in [-0.4, -0.2) is 25.0 Å². The van der Waals surface area contributed by atoms with Crippen LogP contribution in [0.2, 0.25) is 10.0 Å². The van der Waals surface area contributed by atoms with Crippen molar-refractivity contribution in [2.75, 3.05) is 13.1 Å². The Hall–Kier alpha value is -0.810. The number of hydrogen-bond donors (Lipinski definition) is 3. The summed E-state index contributed by atoms with van der Waals surface area (Å²) in [4.78, 5) is 11.9. The zero-order valence-electron chi connectivity index (χ0n) is 9.97. The van der Waals surface area contributed by atoms with E-state index in [-0.39, 0.29) is 5.91 Å². The fraction of sp³-hybridized carbons (Fsp3) is 0.417. The number of halogens is 2. The van der Waals surface area contributed by atoms with Crippen LogP contribution in [0.25, 0.3) is 0 Å². The summed E-state index contributed by atoms with van der Waals surface area (Å²) in [6, 6.07) is 5.21. The first-order valence-corrected chi connectivity index (χ1v) is 6.55. The maximum Gasteiger partial charge on any atom is 0.251 e. The molecule has 2 unspecified atom stereocenters. The summed E-state index contributed by atoms with van der Waals surface area (Å²) in [6.45, 7) is 3.55. The van der Waals surface area contributed by atoms with Gasteiger partial charge in [-0.05, 0) is 25.1 Å². The van der Waals surface area contributed by atoms with Crippen LogP contribution in [0.1, 0.15) is 17.3 Å². The molecular weight excluding hydrogens is 273 g/mol. The average molecular weight is 288 g/mol. The highest BCUT2D eigenvalue weighted by Crippen LogP contribution is 2.22. The Kier molecular flexibility index (Phi) is 4.45. The first-order valence-electron chi connectivity index (χ1n) is 5.79. The van der Waals surface area contributed by atoms with Gasteiger partial charge in [0.2, 0.25) is 0 Å². The lowest BCUT2D eigenvalue weighted by atomic mass is 10.0. The van der Waals surface area contributed by atoms with Gasteiger partial charge in [-0.3, -0.25) is 15.6 Å². The van der Waals surface area contributed by atoms with Crippen LogP contribution in [0, 0.1) is 5.92 Å². The van der Waals surface area contributed by atoms with Crippen molar-refractivity contribution in [3.8, 4) is 0 Å². The van der Waals surface area contributed by atoms with Crippen molar-refractivity contribution in [1.82, 2.24) is 16.2 Å². The van der Waals surface area contributed by atoms with Crippen molar-refractivity contribution in [3.05, 3.63) is 33.8 Å². The van der Waals surface area contributed by atoms with Crippen molar-refractivity contribution >= 4 is 29.1 Å². The molecule has 0 spiro atoms. The Morgan fingerprint density at radius 3 is 2.83 bits per heavy atom. The smallest absolute Gasteiger partial charge is 0.251 e. The van der Waals surface area contributed by atoms with Gasteiger partial charge in [-0.25, -0.2) is 0 Å². The molecule has 0 aromatic heterocycles. The fourth-order valence-electron chi connectivity index (χ4n) is 1.86. The van der Waals surface area contributed by atoms with E-state index in [1.54, 1.807) is 18.2 Å². The molecule has 1 aliphatic rings. The molecule has 1 aromatic rings. The summed E-state index contributed by atoms with van der Waals surface area (Å²) in [5.41, 5.74) is 6.70. The van der Waals surface area contributed by atoms with Gasteiger partial charge in [0.1, 0.15) is 0 Å². The molecule has 6 heteroatoms. The summed E-state index contributed by atoms with van der Waals surface area (Å²) in [5.74, 6) is 0.254. The number of amides is 1. The van der Waals surface area contributed by atoms with Crippen molar-refractivity contribution in [2.45, 2.75) is 13.0 Å². The topological polar surface area (TPSA) is 53.2 Å². The average Bonchev–Trinajstić information content (AvgIpc) is 2.75. The minimum absolute atomic E-state index is 0.132. The van der Waals surface area contributed by atoms with E-state index in [9.17, 15) is 4.79 Å². The van der Waals surface area contributed by atoms with E-state index in [4.69, 9.17) is 23.2 Å². The van der Waals surface area contributed by atoms with Gasteiger partial charge in [-0.2, -0.15) is 0 Å². The van der Waals surface area contributed by atoms with E-state index in [0.29, 0.717) is 34.1 Å². The van der Waals surface area contributed by atoms with Crippen LogP contribution in [0.15, 0.2) is 18.2 Å². The molecule has 3 N–H and O–H groups in total.